The molecule has 4 aliphatic rings. The highest BCUT2D eigenvalue weighted by Gasteiger charge is 2.52. The second-order valence-corrected chi connectivity index (χ2v) is 12.7. The average molecular weight is 651 g/mol. The van der Waals surface area contributed by atoms with E-state index in [1.54, 1.807) is 9.58 Å². The number of carbonyl (C=O) groups is 1. The largest absolute Gasteiger partial charge is 0.467 e. The van der Waals surface area contributed by atoms with Crippen molar-refractivity contribution in [2.45, 2.75) is 44.8 Å². The normalized spacial score (nSPS) is 21.1. The molecule has 1 amide bonds. The molecule has 16 heteroatoms. The molecule has 11 nitrogen and oxygen atoms in total. The molecule has 0 aliphatic carbocycles. The van der Waals surface area contributed by atoms with Gasteiger partial charge >= 0.3 is 12.2 Å². The monoisotopic (exact) mass is 650 g/mol. The number of methoxy groups -OCH3 is 1. The summed E-state index contributed by atoms with van der Waals surface area (Å²) >= 11 is 6.81. The van der Waals surface area contributed by atoms with Crippen molar-refractivity contribution in [1.29, 1.82) is 0 Å². The molecule has 0 bridgehead atoms. The number of nitrogen functional groups attached to an aromatic ring is 1. The number of hydrogen-bond donors (Lipinski definition) is 1. The number of anilines is 2. The highest BCUT2D eigenvalue weighted by molar-refractivity contribution is 6.34. The topological polar surface area (TPSA) is 115 Å². The van der Waals surface area contributed by atoms with Gasteiger partial charge in [-0.15, -0.1) is 0 Å². The number of halogens is 5. The second-order valence-electron chi connectivity index (χ2n) is 12.3. The summed E-state index contributed by atoms with van der Waals surface area (Å²) in [6.07, 6.45) is -5.63. The van der Waals surface area contributed by atoms with Gasteiger partial charge in [-0.1, -0.05) is 11.6 Å². The Labute approximate surface area is 260 Å². The molecule has 2 fully saturated rings. The first kappa shape index (κ1) is 30.0. The van der Waals surface area contributed by atoms with Gasteiger partial charge in [0.15, 0.2) is 11.5 Å². The maximum absolute atomic E-state index is 15.1. The van der Waals surface area contributed by atoms with Gasteiger partial charge in [0, 0.05) is 62.2 Å². The number of hydrogen-bond acceptors (Lipinski definition) is 9. The fourth-order valence-electron chi connectivity index (χ4n) is 7.10. The van der Waals surface area contributed by atoms with Gasteiger partial charge in [-0.2, -0.15) is 28.2 Å². The molecule has 7 rings (SSSR count). The molecular formula is C29H31ClF4N8O3. The fraction of sp³-hybridized carbons (Fsp3) is 0.517. The molecule has 1 aromatic carbocycles. The van der Waals surface area contributed by atoms with E-state index in [9.17, 15) is 18.0 Å². The number of likely N-dealkylation sites (tertiary alicyclic amines) is 2. The first-order valence-corrected chi connectivity index (χ1v) is 14.9. The van der Waals surface area contributed by atoms with Gasteiger partial charge in [0.05, 0.1) is 54.0 Å². The van der Waals surface area contributed by atoms with Crippen LogP contribution in [-0.2, 0) is 37.0 Å². The third-order valence-electron chi connectivity index (χ3n) is 9.06. The van der Waals surface area contributed by atoms with Crippen LogP contribution in [0.1, 0.15) is 51.1 Å². The standard InChI is InChI=1S/C29H31ClF4N8O3/c1-39-11-28(12-39)13-41(14-28)26(43)24-22(30)19-9-40(6-3-7-42(19)38-24)25-15-10-45-20(8-18(15)36-27(37-25)44-2)21-16(29(32,33)34)4-5-17(35)23(21)31/h4-5,20H,3,6-14,35H2,1-2H3. The van der Waals surface area contributed by atoms with E-state index in [1.807, 2.05) is 4.90 Å². The molecule has 2 saturated heterocycles. The third kappa shape index (κ3) is 5.04. The Hall–Kier alpha value is -3.69. The molecule has 1 spiro atoms. The molecule has 1 unspecified atom stereocenters. The Morgan fingerprint density at radius 3 is 2.62 bits per heavy atom. The van der Waals surface area contributed by atoms with Crippen LogP contribution < -0.4 is 15.4 Å². The predicted molar refractivity (Wildman–Crippen MR) is 154 cm³/mol. The lowest BCUT2D eigenvalue weighted by Crippen LogP contribution is -2.72. The van der Waals surface area contributed by atoms with E-state index in [-0.39, 0.29) is 47.6 Å². The zero-order valence-electron chi connectivity index (χ0n) is 24.6. The van der Waals surface area contributed by atoms with Crippen LogP contribution in [0.25, 0.3) is 0 Å². The van der Waals surface area contributed by atoms with Crippen molar-refractivity contribution in [3.8, 4) is 6.01 Å². The SMILES string of the molecule is COc1nc2c(c(N3CCCn4nc(C(=O)N5CC6(CN(C)C6)C5)c(Cl)c4C3)n1)COC(c1c(C(F)(F)F)ccc(N)c1F)C2. The van der Waals surface area contributed by atoms with Crippen LogP contribution >= 0.6 is 11.6 Å². The summed E-state index contributed by atoms with van der Waals surface area (Å²) in [4.78, 5) is 28.3. The summed E-state index contributed by atoms with van der Waals surface area (Å²) in [7, 11) is 3.44. The molecule has 240 valence electrons. The van der Waals surface area contributed by atoms with Crippen molar-refractivity contribution in [3.05, 3.63) is 56.7 Å². The van der Waals surface area contributed by atoms with Crippen molar-refractivity contribution in [2.75, 3.05) is 57.5 Å². The molecule has 0 radical (unpaired) electrons. The number of benzene rings is 1. The van der Waals surface area contributed by atoms with Crippen LogP contribution in [0.4, 0.5) is 29.1 Å². The van der Waals surface area contributed by atoms with E-state index >= 15 is 4.39 Å². The van der Waals surface area contributed by atoms with Gasteiger partial charge < -0.3 is 29.9 Å². The number of carbonyl (C=O) groups excluding carboxylic acids is 1. The van der Waals surface area contributed by atoms with Gasteiger partial charge in [0.25, 0.3) is 5.91 Å². The number of rotatable bonds is 4. The molecular weight excluding hydrogens is 620 g/mol. The number of nitrogens with zero attached hydrogens (tertiary/aromatic N) is 7. The average Bonchev–Trinajstić information content (AvgIpc) is 3.13. The highest BCUT2D eigenvalue weighted by Crippen LogP contribution is 2.44. The highest BCUT2D eigenvalue weighted by atomic mass is 35.5. The number of fused-ring (bicyclic) bond motifs is 2. The fourth-order valence-corrected chi connectivity index (χ4v) is 7.37. The maximum atomic E-state index is 15.1. The quantitative estimate of drug-likeness (QED) is 0.334. The Kier molecular flexibility index (Phi) is 7.13. The smallest absolute Gasteiger partial charge is 0.416 e. The first-order valence-electron chi connectivity index (χ1n) is 14.6. The molecule has 1 atom stereocenters. The summed E-state index contributed by atoms with van der Waals surface area (Å²) in [5.41, 5.74) is 5.37. The first-order chi connectivity index (χ1) is 21.4. The van der Waals surface area contributed by atoms with E-state index in [1.165, 1.54) is 7.11 Å². The number of nitrogens with two attached hydrogens (primary N) is 1. The maximum Gasteiger partial charge on any atom is 0.416 e. The van der Waals surface area contributed by atoms with Crippen molar-refractivity contribution in [1.82, 2.24) is 29.5 Å². The molecule has 4 aliphatic heterocycles. The number of aryl methyl sites for hydroxylation is 1. The van der Waals surface area contributed by atoms with Gasteiger partial charge in [0.2, 0.25) is 0 Å². The summed E-state index contributed by atoms with van der Waals surface area (Å²) in [5.74, 6) is -0.912. The van der Waals surface area contributed by atoms with Crippen LogP contribution in [0.2, 0.25) is 5.02 Å². The zero-order valence-corrected chi connectivity index (χ0v) is 25.4. The van der Waals surface area contributed by atoms with Crippen molar-refractivity contribution in [2.24, 2.45) is 5.41 Å². The summed E-state index contributed by atoms with van der Waals surface area (Å²) in [6, 6.07) is 1.65. The van der Waals surface area contributed by atoms with E-state index in [4.69, 9.17) is 26.8 Å². The van der Waals surface area contributed by atoms with Crippen LogP contribution in [-0.4, -0.2) is 82.3 Å². The lowest BCUT2D eigenvalue weighted by atomic mass is 9.73. The Bertz CT molecular complexity index is 1680. The van der Waals surface area contributed by atoms with E-state index < -0.39 is 34.9 Å². The molecule has 45 heavy (non-hydrogen) atoms. The lowest BCUT2D eigenvalue weighted by Gasteiger charge is -2.59. The molecule has 2 aromatic heterocycles. The third-order valence-corrected chi connectivity index (χ3v) is 9.46. The minimum Gasteiger partial charge on any atom is -0.467 e. The van der Waals surface area contributed by atoms with Crippen LogP contribution in [0.3, 0.4) is 0 Å². The van der Waals surface area contributed by atoms with E-state index in [2.05, 4.69) is 27.0 Å². The molecule has 6 heterocycles. The van der Waals surface area contributed by atoms with E-state index in [0.29, 0.717) is 55.4 Å². The second kappa shape index (κ2) is 10.7. The van der Waals surface area contributed by atoms with Crippen molar-refractivity contribution < 1.29 is 31.8 Å². The van der Waals surface area contributed by atoms with Gasteiger partial charge in [-0.3, -0.25) is 9.48 Å². The van der Waals surface area contributed by atoms with E-state index in [0.717, 1.165) is 25.2 Å². The summed E-state index contributed by atoms with van der Waals surface area (Å²) < 4.78 is 69.6. The summed E-state index contributed by atoms with van der Waals surface area (Å²) in [5, 5.41) is 4.87. The van der Waals surface area contributed by atoms with Gasteiger partial charge in [-0.25, -0.2) is 4.39 Å². The Morgan fingerprint density at radius 1 is 1.18 bits per heavy atom. The number of amides is 1. The molecule has 3 aromatic rings. The number of alkyl halides is 3. The number of ether oxygens (including phenoxy) is 2. The van der Waals surface area contributed by atoms with Gasteiger partial charge in [-0.05, 0) is 25.6 Å². The minimum absolute atomic E-state index is 0.00145. The van der Waals surface area contributed by atoms with Crippen LogP contribution in [0, 0.1) is 11.2 Å². The molecule has 2 N–H and O–H groups in total. The molecule has 0 saturated carbocycles. The lowest BCUT2D eigenvalue weighted by molar-refractivity contribution is -0.140. The van der Waals surface area contributed by atoms with Gasteiger partial charge in [0.1, 0.15) is 5.82 Å². The predicted octanol–water partition coefficient (Wildman–Crippen LogP) is 3.69. The zero-order chi connectivity index (χ0) is 31.8. The van der Waals surface area contributed by atoms with Crippen molar-refractivity contribution in [3.63, 3.8) is 0 Å². The van der Waals surface area contributed by atoms with Crippen LogP contribution in [0.15, 0.2) is 12.1 Å². The Morgan fingerprint density at radius 2 is 1.93 bits per heavy atom. The number of aromatic nitrogens is 4. The van der Waals surface area contributed by atoms with Crippen LogP contribution in [0.5, 0.6) is 6.01 Å². The van der Waals surface area contributed by atoms with Crippen molar-refractivity contribution >= 4 is 29.0 Å². The summed E-state index contributed by atoms with van der Waals surface area (Å²) in [6.45, 7) is 4.42. The minimum atomic E-state index is -4.82. The Balaban J connectivity index is 1.17.